The van der Waals surface area contributed by atoms with Gasteiger partial charge in [-0.15, -0.1) is 15.3 Å². The molecule has 0 saturated carbocycles. The molecule has 21 heavy (non-hydrogen) atoms. The van der Waals surface area contributed by atoms with E-state index >= 15 is 0 Å². The third-order valence-electron chi connectivity index (χ3n) is 3.11. The van der Waals surface area contributed by atoms with Gasteiger partial charge in [-0.25, -0.2) is 0 Å². The Morgan fingerprint density at radius 2 is 1.90 bits per heavy atom. The number of alkyl halides is 3. The maximum Gasteiger partial charge on any atom is 0.453 e. The topological polar surface area (TPSA) is 72.3 Å². The third kappa shape index (κ3) is 3.23. The Kier molecular flexibility index (Phi) is 3.79. The largest absolute Gasteiger partial charge is 0.453 e. The molecule has 2 N–H and O–H groups in total. The van der Waals surface area contributed by atoms with Crippen LogP contribution in [0.5, 0.6) is 0 Å². The summed E-state index contributed by atoms with van der Waals surface area (Å²) >= 11 is 0. The first kappa shape index (κ1) is 15.5. The molecule has 0 bridgehead atoms. The first-order valence-electron chi connectivity index (χ1n) is 6.35. The van der Waals surface area contributed by atoms with E-state index in [0.29, 0.717) is 23.4 Å². The van der Waals surface area contributed by atoms with Gasteiger partial charge in [0, 0.05) is 13.6 Å². The minimum absolute atomic E-state index is 0.0533. The maximum absolute atomic E-state index is 12.8. The average molecular weight is 302 g/mol. The molecule has 0 aromatic carbocycles. The van der Waals surface area contributed by atoms with Gasteiger partial charge in [-0.3, -0.25) is 0 Å². The summed E-state index contributed by atoms with van der Waals surface area (Å²) in [7, 11) is 1.75. The molecule has 9 heteroatoms. The van der Waals surface area contributed by atoms with E-state index in [9.17, 15) is 13.2 Å². The van der Waals surface area contributed by atoms with E-state index in [1.807, 2.05) is 13.8 Å². The number of anilines is 1. The molecule has 2 heterocycles. The van der Waals surface area contributed by atoms with Crippen LogP contribution in [0.15, 0.2) is 12.1 Å². The zero-order chi connectivity index (χ0) is 15.8. The molecule has 0 fully saturated rings. The molecule has 0 aliphatic rings. The second-order valence-electron chi connectivity index (χ2n) is 5.71. The number of aromatic nitrogens is 4. The Bertz CT molecular complexity index is 633. The third-order valence-corrected chi connectivity index (χ3v) is 3.11. The van der Waals surface area contributed by atoms with Crippen molar-refractivity contribution >= 4 is 11.5 Å². The minimum Gasteiger partial charge on any atom is -0.358 e. The number of hydrogen-bond acceptors (Lipinski definition) is 5. The molecule has 0 amide bonds. The highest BCUT2D eigenvalue weighted by atomic mass is 19.4. The van der Waals surface area contributed by atoms with Crippen LogP contribution in [0.2, 0.25) is 0 Å². The van der Waals surface area contributed by atoms with E-state index in [-0.39, 0.29) is 11.1 Å². The zero-order valence-electron chi connectivity index (χ0n) is 12.0. The molecule has 0 radical (unpaired) electrons. The highest BCUT2D eigenvalue weighted by molar-refractivity contribution is 5.45. The average Bonchev–Trinajstić information content (AvgIpc) is 2.80. The fourth-order valence-corrected chi connectivity index (χ4v) is 1.95. The van der Waals surface area contributed by atoms with Gasteiger partial charge in [0.15, 0.2) is 5.65 Å². The second kappa shape index (κ2) is 5.14. The SMILES string of the molecule is CN(CC(C)(C)CN)c1ccc2nnc(C(F)(F)F)n2n1. The van der Waals surface area contributed by atoms with Gasteiger partial charge in [0.05, 0.1) is 0 Å². The van der Waals surface area contributed by atoms with Crippen LogP contribution in [0, 0.1) is 5.41 Å². The van der Waals surface area contributed by atoms with Crippen LogP contribution in [-0.4, -0.2) is 39.9 Å². The normalized spacial score (nSPS) is 12.9. The number of fused-ring (bicyclic) bond motifs is 1. The van der Waals surface area contributed by atoms with E-state index in [1.54, 1.807) is 18.0 Å². The molecular formula is C12H17F3N6. The molecule has 0 atom stereocenters. The predicted molar refractivity (Wildman–Crippen MR) is 71.9 cm³/mol. The Morgan fingerprint density at radius 1 is 1.24 bits per heavy atom. The van der Waals surface area contributed by atoms with Crippen LogP contribution in [-0.2, 0) is 6.18 Å². The lowest BCUT2D eigenvalue weighted by Crippen LogP contribution is -2.37. The van der Waals surface area contributed by atoms with Crippen LogP contribution in [0.4, 0.5) is 19.0 Å². The van der Waals surface area contributed by atoms with Crippen molar-refractivity contribution in [1.82, 2.24) is 19.8 Å². The van der Waals surface area contributed by atoms with E-state index in [4.69, 9.17) is 5.73 Å². The van der Waals surface area contributed by atoms with Gasteiger partial charge in [0.2, 0.25) is 0 Å². The predicted octanol–water partition coefficient (Wildman–Crippen LogP) is 1.56. The van der Waals surface area contributed by atoms with Crippen LogP contribution >= 0.6 is 0 Å². The lowest BCUT2D eigenvalue weighted by molar-refractivity contribution is -0.146. The first-order valence-corrected chi connectivity index (χ1v) is 6.35. The summed E-state index contributed by atoms with van der Waals surface area (Å²) in [6, 6.07) is 3.06. The zero-order valence-corrected chi connectivity index (χ0v) is 12.0. The molecule has 0 aliphatic heterocycles. The van der Waals surface area contributed by atoms with Gasteiger partial charge < -0.3 is 10.6 Å². The van der Waals surface area contributed by atoms with Gasteiger partial charge in [0.1, 0.15) is 5.82 Å². The molecule has 0 saturated heterocycles. The van der Waals surface area contributed by atoms with E-state index < -0.39 is 12.0 Å². The number of rotatable bonds is 4. The number of nitrogens with zero attached hydrogens (tertiary/aromatic N) is 5. The fourth-order valence-electron chi connectivity index (χ4n) is 1.95. The molecular weight excluding hydrogens is 285 g/mol. The summed E-state index contributed by atoms with van der Waals surface area (Å²) in [5.41, 5.74) is 5.54. The number of hydrogen-bond donors (Lipinski definition) is 1. The smallest absolute Gasteiger partial charge is 0.358 e. The summed E-state index contributed by atoms with van der Waals surface area (Å²) in [6.07, 6.45) is -4.60. The monoisotopic (exact) mass is 302 g/mol. The highest BCUT2D eigenvalue weighted by Gasteiger charge is 2.37. The van der Waals surface area contributed by atoms with Crippen molar-refractivity contribution in [2.24, 2.45) is 11.1 Å². The van der Waals surface area contributed by atoms with Crippen molar-refractivity contribution in [1.29, 1.82) is 0 Å². The van der Waals surface area contributed by atoms with Gasteiger partial charge in [0.25, 0.3) is 5.82 Å². The van der Waals surface area contributed by atoms with Crippen molar-refractivity contribution in [3.8, 4) is 0 Å². The van der Waals surface area contributed by atoms with Gasteiger partial charge in [-0.1, -0.05) is 13.8 Å². The minimum atomic E-state index is -4.60. The van der Waals surface area contributed by atoms with Crippen LogP contribution < -0.4 is 10.6 Å². The quantitative estimate of drug-likeness (QED) is 0.928. The van der Waals surface area contributed by atoms with Crippen molar-refractivity contribution in [3.63, 3.8) is 0 Å². The van der Waals surface area contributed by atoms with Crippen molar-refractivity contribution < 1.29 is 13.2 Å². The van der Waals surface area contributed by atoms with Crippen molar-refractivity contribution in [2.75, 3.05) is 25.0 Å². The summed E-state index contributed by atoms with van der Waals surface area (Å²) < 4.78 is 39.2. The molecule has 2 rings (SSSR count). The summed E-state index contributed by atoms with van der Waals surface area (Å²) in [5.74, 6) is -0.736. The molecule has 0 spiro atoms. The van der Waals surface area contributed by atoms with Crippen LogP contribution in [0.3, 0.4) is 0 Å². The number of halogens is 3. The van der Waals surface area contributed by atoms with Gasteiger partial charge >= 0.3 is 6.18 Å². The summed E-state index contributed by atoms with van der Waals surface area (Å²) in [5, 5.41) is 10.6. The Hall–Kier alpha value is -1.90. The summed E-state index contributed by atoms with van der Waals surface area (Å²) in [6.45, 7) is 4.97. The van der Waals surface area contributed by atoms with E-state index in [1.165, 1.54) is 6.07 Å². The maximum atomic E-state index is 12.8. The van der Waals surface area contributed by atoms with E-state index in [0.717, 1.165) is 0 Å². The highest BCUT2D eigenvalue weighted by Crippen LogP contribution is 2.28. The Morgan fingerprint density at radius 3 is 2.48 bits per heavy atom. The molecule has 0 unspecified atom stereocenters. The lowest BCUT2D eigenvalue weighted by atomic mass is 9.93. The Labute approximate surface area is 119 Å². The molecule has 0 aliphatic carbocycles. The standard InChI is InChI=1S/C12H17F3N6/c1-11(2,6-16)7-20(3)9-5-4-8-17-18-10(12(13,14)15)21(8)19-9/h4-5H,6-7,16H2,1-3H3. The van der Waals surface area contributed by atoms with Gasteiger partial charge in [-0.2, -0.15) is 17.7 Å². The molecule has 2 aromatic rings. The molecule has 116 valence electrons. The van der Waals surface area contributed by atoms with E-state index in [2.05, 4.69) is 15.3 Å². The van der Waals surface area contributed by atoms with Gasteiger partial charge in [-0.05, 0) is 24.1 Å². The molecule has 6 nitrogen and oxygen atoms in total. The lowest BCUT2D eigenvalue weighted by Gasteiger charge is -2.29. The van der Waals surface area contributed by atoms with Crippen LogP contribution in [0.1, 0.15) is 19.7 Å². The number of nitrogens with two attached hydrogens (primary N) is 1. The molecule has 2 aromatic heterocycles. The second-order valence-corrected chi connectivity index (χ2v) is 5.71. The van der Waals surface area contributed by atoms with Crippen LogP contribution in [0.25, 0.3) is 5.65 Å². The fraction of sp³-hybridized carbons (Fsp3) is 0.583. The van der Waals surface area contributed by atoms with Crippen molar-refractivity contribution in [2.45, 2.75) is 20.0 Å². The Balaban J connectivity index is 2.38. The first-order chi connectivity index (χ1) is 9.64. The van der Waals surface area contributed by atoms with Crippen molar-refractivity contribution in [3.05, 3.63) is 18.0 Å². The summed E-state index contributed by atoms with van der Waals surface area (Å²) in [4.78, 5) is 1.76.